The van der Waals surface area contributed by atoms with Gasteiger partial charge in [0.25, 0.3) is 0 Å². The molecule has 0 fully saturated rings. The summed E-state index contributed by atoms with van der Waals surface area (Å²) in [5.41, 5.74) is 0.912. The molecule has 0 aliphatic rings. The van der Waals surface area contributed by atoms with E-state index in [2.05, 4.69) is 82.9 Å². The van der Waals surface area contributed by atoms with Gasteiger partial charge in [0.05, 0.1) is 10.2 Å². The highest BCUT2D eigenvalue weighted by Crippen LogP contribution is 2.30. The molecule has 5 rings (SSSR count). The Balaban J connectivity index is 1.91. The Morgan fingerprint density at radius 3 is 1.72 bits per heavy atom. The molecule has 5 aromatic carbocycles. The van der Waals surface area contributed by atoms with Crippen molar-refractivity contribution in [2.45, 2.75) is 0 Å². The highest BCUT2D eigenvalue weighted by molar-refractivity contribution is 6.35. The molecule has 0 aromatic heterocycles. The summed E-state index contributed by atoms with van der Waals surface area (Å²) in [4.78, 5) is 0. The van der Waals surface area contributed by atoms with Crippen LogP contribution in [0.1, 0.15) is 5.56 Å². The lowest BCUT2D eigenvalue weighted by Gasteiger charge is -2.09. The van der Waals surface area contributed by atoms with Gasteiger partial charge in [-0.15, -0.1) is 6.42 Å². The highest BCUT2D eigenvalue weighted by atomic mass is 28.1. The fourth-order valence-electron chi connectivity index (χ4n) is 3.67. The Morgan fingerprint density at radius 1 is 0.600 bits per heavy atom. The summed E-state index contributed by atoms with van der Waals surface area (Å²) in [6, 6.07) is 26.1. The van der Waals surface area contributed by atoms with Crippen LogP contribution in [0.5, 0.6) is 0 Å². The molecule has 0 heterocycles. The van der Waals surface area contributed by atoms with E-state index in [4.69, 9.17) is 6.42 Å². The minimum atomic E-state index is 0.912. The molecule has 5 aromatic rings. The Kier molecular flexibility index (Phi) is 2.97. The molecule has 0 nitrogen and oxygen atoms in total. The molecule has 0 saturated carbocycles. The standard InChI is InChI=1S/C24H13Si/c1-2-22-23-14-21-13-19-10-16-6-4-3-5-15(16)9-18(19)12-20(21)11-17(23)7-8-24(22)25/h1,3-14H. The van der Waals surface area contributed by atoms with Crippen molar-refractivity contribution in [2.75, 3.05) is 0 Å². The van der Waals surface area contributed by atoms with E-state index in [0.29, 0.717) is 0 Å². The average Bonchev–Trinajstić information content (AvgIpc) is 2.63. The van der Waals surface area contributed by atoms with Gasteiger partial charge in [-0.3, -0.25) is 0 Å². The van der Waals surface area contributed by atoms with Gasteiger partial charge in [0.1, 0.15) is 0 Å². The van der Waals surface area contributed by atoms with Crippen molar-refractivity contribution in [3.63, 3.8) is 0 Å². The minimum absolute atomic E-state index is 0.912. The SMILES string of the molecule is C#Cc1c([Si])ccc2cc3cc4cc5ccccc5cc4cc3cc12. The monoisotopic (exact) mass is 329 g/mol. The molecule has 0 saturated heterocycles. The largest absolute Gasteiger partial charge is 0.115 e. The second-order valence-electron chi connectivity index (χ2n) is 6.45. The number of terminal acetylenes is 1. The molecule has 0 unspecified atom stereocenters. The van der Waals surface area contributed by atoms with E-state index >= 15 is 0 Å². The number of hydrogen-bond acceptors (Lipinski definition) is 0. The second kappa shape index (κ2) is 5.21. The maximum Gasteiger partial charge on any atom is 0.0729 e. The van der Waals surface area contributed by atoms with Gasteiger partial charge < -0.3 is 0 Å². The predicted octanol–water partition coefficient (Wildman–Crippen LogP) is 5.07. The first-order valence-corrected chi connectivity index (χ1v) is 8.74. The molecule has 0 aliphatic heterocycles. The molecule has 3 radical (unpaired) electrons. The zero-order chi connectivity index (χ0) is 17.0. The fraction of sp³-hybridized carbons (Fsp3) is 0. The van der Waals surface area contributed by atoms with Gasteiger partial charge in [-0.1, -0.05) is 47.5 Å². The first kappa shape index (κ1) is 14.3. The van der Waals surface area contributed by atoms with Crippen LogP contribution in [0.15, 0.2) is 72.8 Å². The summed E-state index contributed by atoms with van der Waals surface area (Å²) >= 11 is 0. The zero-order valence-corrected chi connectivity index (χ0v) is 14.5. The van der Waals surface area contributed by atoms with Crippen LogP contribution in [-0.2, 0) is 0 Å². The third kappa shape index (κ3) is 2.16. The molecule has 0 N–H and O–H groups in total. The van der Waals surface area contributed by atoms with E-state index in [1.54, 1.807) is 0 Å². The summed E-state index contributed by atoms with van der Waals surface area (Å²) in [6.45, 7) is 0. The maximum atomic E-state index is 5.73. The van der Waals surface area contributed by atoms with Crippen molar-refractivity contribution < 1.29 is 0 Å². The zero-order valence-electron chi connectivity index (χ0n) is 13.5. The molecule has 0 spiro atoms. The van der Waals surface area contributed by atoms with Gasteiger partial charge in [0.15, 0.2) is 0 Å². The molecule has 0 amide bonds. The number of rotatable bonds is 0. The summed E-state index contributed by atoms with van der Waals surface area (Å²) in [6.07, 6.45) is 5.73. The average molecular weight is 329 g/mol. The first-order chi connectivity index (χ1) is 12.2. The summed E-state index contributed by atoms with van der Waals surface area (Å²) in [5.74, 6) is 2.82. The Morgan fingerprint density at radius 2 is 1.12 bits per heavy atom. The molecular weight excluding hydrogens is 316 g/mol. The van der Waals surface area contributed by atoms with Crippen molar-refractivity contribution in [3.05, 3.63) is 78.4 Å². The van der Waals surface area contributed by atoms with E-state index < -0.39 is 0 Å². The molecule has 1 heteroatoms. The second-order valence-corrected chi connectivity index (χ2v) is 6.99. The number of benzene rings is 5. The molecule has 113 valence electrons. The molecule has 0 atom stereocenters. The van der Waals surface area contributed by atoms with Crippen LogP contribution in [0.25, 0.3) is 43.1 Å². The van der Waals surface area contributed by atoms with E-state index in [0.717, 1.165) is 16.1 Å². The van der Waals surface area contributed by atoms with Crippen LogP contribution >= 0.6 is 0 Å². The molecule has 25 heavy (non-hydrogen) atoms. The third-order valence-electron chi connectivity index (χ3n) is 4.94. The van der Waals surface area contributed by atoms with Gasteiger partial charge in [0, 0.05) is 5.56 Å². The first-order valence-electron chi connectivity index (χ1n) is 8.24. The van der Waals surface area contributed by atoms with Gasteiger partial charge in [-0.05, 0) is 79.5 Å². The summed E-state index contributed by atoms with van der Waals surface area (Å²) in [5, 5.41) is 10.7. The van der Waals surface area contributed by atoms with Gasteiger partial charge in [0.2, 0.25) is 0 Å². The highest BCUT2D eigenvalue weighted by Gasteiger charge is 2.06. The topological polar surface area (TPSA) is 0 Å². The van der Waals surface area contributed by atoms with Crippen LogP contribution in [0.4, 0.5) is 0 Å². The van der Waals surface area contributed by atoms with Crippen molar-refractivity contribution in [3.8, 4) is 12.3 Å². The van der Waals surface area contributed by atoms with E-state index in [1.807, 2.05) is 6.07 Å². The van der Waals surface area contributed by atoms with Crippen LogP contribution in [-0.4, -0.2) is 10.2 Å². The van der Waals surface area contributed by atoms with Crippen LogP contribution in [0.2, 0.25) is 0 Å². The Hall–Kier alpha value is -3.08. The molecular formula is C24H13Si. The Labute approximate surface area is 149 Å². The van der Waals surface area contributed by atoms with Gasteiger partial charge in [-0.25, -0.2) is 0 Å². The minimum Gasteiger partial charge on any atom is -0.115 e. The third-order valence-corrected chi connectivity index (χ3v) is 5.36. The quantitative estimate of drug-likeness (QED) is 0.211. The smallest absolute Gasteiger partial charge is 0.0729 e. The van der Waals surface area contributed by atoms with Gasteiger partial charge >= 0.3 is 0 Å². The number of hydrogen-bond donors (Lipinski definition) is 0. The van der Waals surface area contributed by atoms with Crippen molar-refractivity contribution in [2.24, 2.45) is 0 Å². The van der Waals surface area contributed by atoms with Crippen LogP contribution in [0.3, 0.4) is 0 Å². The van der Waals surface area contributed by atoms with Crippen molar-refractivity contribution >= 4 is 58.5 Å². The van der Waals surface area contributed by atoms with Crippen LogP contribution in [0, 0.1) is 12.3 Å². The van der Waals surface area contributed by atoms with Crippen molar-refractivity contribution in [1.29, 1.82) is 0 Å². The van der Waals surface area contributed by atoms with Crippen LogP contribution < -0.4 is 5.19 Å². The lowest BCUT2D eigenvalue weighted by molar-refractivity contribution is 1.78. The lowest BCUT2D eigenvalue weighted by Crippen LogP contribution is -2.07. The lowest BCUT2D eigenvalue weighted by atomic mass is 9.96. The molecule has 0 bridgehead atoms. The van der Waals surface area contributed by atoms with E-state index in [-0.39, 0.29) is 0 Å². The predicted molar refractivity (Wildman–Crippen MR) is 110 cm³/mol. The normalized spacial score (nSPS) is 11.4. The van der Waals surface area contributed by atoms with Crippen molar-refractivity contribution in [1.82, 2.24) is 0 Å². The summed E-state index contributed by atoms with van der Waals surface area (Å²) in [7, 11) is 3.62. The Bertz CT molecular complexity index is 1350. The summed E-state index contributed by atoms with van der Waals surface area (Å²) < 4.78 is 0. The van der Waals surface area contributed by atoms with Gasteiger partial charge in [-0.2, -0.15) is 0 Å². The maximum absolute atomic E-state index is 5.73. The molecule has 0 aliphatic carbocycles. The fourth-order valence-corrected chi connectivity index (χ4v) is 3.96. The van der Waals surface area contributed by atoms with E-state index in [1.165, 1.54) is 37.7 Å². The number of fused-ring (bicyclic) bond motifs is 4. The van der Waals surface area contributed by atoms with E-state index in [9.17, 15) is 0 Å².